The molecule has 0 aliphatic heterocycles. The van der Waals surface area contributed by atoms with Gasteiger partial charge < -0.3 is 16.8 Å². The van der Waals surface area contributed by atoms with Crippen LogP contribution in [-0.2, 0) is 0 Å². The molecule has 0 aliphatic carbocycles. The van der Waals surface area contributed by atoms with Gasteiger partial charge in [-0.25, -0.2) is 0 Å². The molecule has 1 amide bonds. The molecule has 2 rings (SSSR count). The van der Waals surface area contributed by atoms with Crippen molar-refractivity contribution in [3.8, 4) is 0 Å². The Bertz CT molecular complexity index is 624. The highest BCUT2D eigenvalue weighted by molar-refractivity contribution is 6.39. The molecule has 4 nitrogen and oxygen atoms in total. The zero-order chi connectivity index (χ0) is 14.0. The molecule has 98 valence electrons. The summed E-state index contributed by atoms with van der Waals surface area (Å²) < 4.78 is 0. The number of hydrogen-bond acceptors (Lipinski definition) is 3. The molecule has 0 atom stereocenters. The van der Waals surface area contributed by atoms with Gasteiger partial charge in [0.2, 0.25) is 0 Å². The normalized spacial score (nSPS) is 10.2. The minimum Gasteiger partial charge on any atom is -0.399 e. The van der Waals surface area contributed by atoms with Gasteiger partial charge in [-0.15, -0.1) is 0 Å². The van der Waals surface area contributed by atoms with Crippen LogP contribution in [0.2, 0.25) is 10.0 Å². The topological polar surface area (TPSA) is 81.1 Å². The fraction of sp³-hybridized carbons (Fsp3) is 0. The zero-order valence-electron chi connectivity index (χ0n) is 9.78. The molecule has 0 spiro atoms. The third-order valence-corrected chi connectivity index (χ3v) is 3.16. The van der Waals surface area contributed by atoms with E-state index in [4.69, 9.17) is 34.7 Å². The summed E-state index contributed by atoms with van der Waals surface area (Å²) >= 11 is 12.1. The third kappa shape index (κ3) is 2.92. The number of rotatable bonds is 3. The molecule has 5 N–H and O–H groups in total. The van der Waals surface area contributed by atoms with Gasteiger partial charge in [0.25, 0.3) is 5.91 Å². The lowest BCUT2D eigenvalue weighted by Gasteiger charge is -2.13. The lowest BCUT2D eigenvalue weighted by molar-refractivity contribution is 0.100. The molecule has 2 aromatic rings. The minimum absolute atomic E-state index is 0.310. The van der Waals surface area contributed by atoms with E-state index >= 15 is 0 Å². The number of para-hydroxylation sites is 1. The molecule has 0 aromatic heterocycles. The molecule has 0 bridgehead atoms. The van der Waals surface area contributed by atoms with Crippen molar-refractivity contribution in [3.05, 3.63) is 52.0 Å². The minimum atomic E-state index is -0.564. The van der Waals surface area contributed by atoms with E-state index < -0.39 is 5.91 Å². The maximum Gasteiger partial charge on any atom is 0.250 e. The standard InChI is InChI=1S/C13H11Cl2N3O/c14-9-2-1-3-10(15)12(9)18-11-6-7(16)4-5-8(11)13(17)19/h1-6,18H,16H2,(H2,17,19). The number of benzene rings is 2. The van der Waals surface area contributed by atoms with Crippen LogP contribution in [0.4, 0.5) is 17.1 Å². The van der Waals surface area contributed by atoms with Crippen LogP contribution in [0.1, 0.15) is 10.4 Å². The van der Waals surface area contributed by atoms with Gasteiger partial charge in [0.05, 0.1) is 27.0 Å². The fourth-order valence-corrected chi connectivity index (χ4v) is 2.12. The predicted molar refractivity (Wildman–Crippen MR) is 79.1 cm³/mol. The number of primary amides is 1. The van der Waals surface area contributed by atoms with Gasteiger partial charge in [0.1, 0.15) is 0 Å². The molecule has 0 saturated carbocycles. The Labute approximate surface area is 120 Å². The zero-order valence-corrected chi connectivity index (χ0v) is 11.3. The van der Waals surface area contributed by atoms with Crippen molar-refractivity contribution in [2.24, 2.45) is 5.73 Å². The van der Waals surface area contributed by atoms with Crippen LogP contribution in [0.5, 0.6) is 0 Å². The Morgan fingerprint density at radius 2 is 1.74 bits per heavy atom. The van der Waals surface area contributed by atoms with Crippen molar-refractivity contribution < 1.29 is 4.79 Å². The van der Waals surface area contributed by atoms with E-state index in [-0.39, 0.29) is 0 Å². The number of halogens is 2. The Morgan fingerprint density at radius 1 is 1.11 bits per heavy atom. The highest BCUT2D eigenvalue weighted by Crippen LogP contribution is 2.34. The van der Waals surface area contributed by atoms with Gasteiger partial charge >= 0.3 is 0 Å². The SMILES string of the molecule is NC(=O)c1ccc(N)cc1Nc1c(Cl)cccc1Cl. The summed E-state index contributed by atoms with van der Waals surface area (Å²) in [5.41, 5.74) is 12.8. The average molecular weight is 296 g/mol. The van der Waals surface area contributed by atoms with Crippen LogP contribution in [0.15, 0.2) is 36.4 Å². The van der Waals surface area contributed by atoms with E-state index in [1.165, 1.54) is 0 Å². The van der Waals surface area contributed by atoms with Crippen molar-refractivity contribution in [1.29, 1.82) is 0 Å². The Balaban J connectivity index is 2.49. The Kier molecular flexibility index (Phi) is 3.83. The number of hydrogen-bond donors (Lipinski definition) is 3. The van der Waals surface area contributed by atoms with Gasteiger partial charge in [-0.2, -0.15) is 0 Å². The molecule has 0 radical (unpaired) electrons. The molecule has 0 heterocycles. The van der Waals surface area contributed by atoms with Crippen LogP contribution in [-0.4, -0.2) is 5.91 Å². The predicted octanol–water partition coefficient (Wildman–Crippen LogP) is 3.42. The number of nitrogens with one attached hydrogen (secondary N) is 1. The summed E-state index contributed by atoms with van der Waals surface area (Å²) in [5, 5.41) is 3.86. The maximum atomic E-state index is 11.4. The number of amides is 1. The van der Waals surface area contributed by atoms with Crippen molar-refractivity contribution in [2.75, 3.05) is 11.1 Å². The van der Waals surface area contributed by atoms with Crippen LogP contribution < -0.4 is 16.8 Å². The summed E-state index contributed by atoms with van der Waals surface area (Å²) in [6, 6.07) is 9.84. The van der Waals surface area contributed by atoms with Gasteiger partial charge in [0.15, 0.2) is 0 Å². The van der Waals surface area contributed by atoms with Crippen LogP contribution in [0.3, 0.4) is 0 Å². The lowest BCUT2D eigenvalue weighted by Crippen LogP contribution is -2.13. The summed E-state index contributed by atoms with van der Waals surface area (Å²) in [7, 11) is 0. The number of carbonyl (C=O) groups is 1. The summed E-state index contributed by atoms with van der Waals surface area (Å²) in [6.45, 7) is 0. The van der Waals surface area contributed by atoms with Crippen molar-refractivity contribution >= 4 is 46.2 Å². The second kappa shape index (κ2) is 5.38. The van der Waals surface area contributed by atoms with Crippen molar-refractivity contribution in [1.82, 2.24) is 0 Å². The van der Waals surface area contributed by atoms with E-state index in [9.17, 15) is 4.79 Å². The first-order valence-corrected chi connectivity index (χ1v) is 6.15. The molecular weight excluding hydrogens is 285 g/mol. The molecule has 0 aliphatic rings. The molecule has 0 fully saturated rings. The molecule has 19 heavy (non-hydrogen) atoms. The number of carbonyl (C=O) groups excluding carboxylic acids is 1. The summed E-state index contributed by atoms with van der Waals surface area (Å²) in [6.07, 6.45) is 0. The maximum absolute atomic E-state index is 11.4. The van der Waals surface area contributed by atoms with E-state index in [1.54, 1.807) is 36.4 Å². The van der Waals surface area contributed by atoms with E-state index in [0.29, 0.717) is 32.7 Å². The second-order valence-electron chi connectivity index (χ2n) is 3.89. The monoisotopic (exact) mass is 295 g/mol. The van der Waals surface area contributed by atoms with Gasteiger partial charge in [0, 0.05) is 5.69 Å². The van der Waals surface area contributed by atoms with Gasteiger partial charge in [-0.3, -0.25) is 4.79 Å². The molecule has 0 saturated heterocycles. The first-order valence-electron chi connectivity index (χ1n) is 5.39. The lowest BCUT2D eigenvalue weighted by atomic mass is 10.1. The fourth-order valence-electron chi connectivity index (χ4n) is 1.63. The number of nitrogens with two attached hydrogens (primary N) is 2. The van der Waals surface area contributed by atoms with Crippen LogP contribution in [0.25, 0.3) is 0 Å². The Hall–Kier alpha value is -1.91. The largest absolute Gasteiger partial charge is 0.399 e. The van der Waals surface area contributed by atoms with Gasteiger partial charge in [-0.1, -0.05) is 29.3 Å². The van der Waals surface area contributed by atoms with Crippen molar-refractivity contribution in [2.45, 2.75) is 0 Å². The Morgan fingerprint density at radius 3 is 2.32 bits per heavy atom. The van der Waals surface area contributed by atoms with Gasteiger partial charge in [-0.05, 0) is 30.3 Å². The summed E-state index contributed by atoms with van der Waals surface area (Å²) in [4.78, 5) is 11.4. The summed E-state index contributed by atoms with van der Waals surface area (Å²) in [5.74, 6) is -0.564. The first kappa shape index (κ1) is 13.5. The quantitative estimate of drug-likeness (QED) is 0.759. The van der Waals surface area contributed by atoms with E-state index in [0.717, 1.165) is 0 Å². The average Bonchev–Trinajstić information content (AvgIpc) is 2.33. The smallest absolute Gasteiger partial charge is 0.250 e. The first-order chi connectivity index (χ1) is 8.99. The highest BCUT2D eigenvalue weighted by atomic mass is 35.5. The van der Waals surface area contributed by atoms with Crippen LogP contribution >= 0.6 is 23.2 Å². The number of anilines is 3. The molecular formula is C13H11Cl2N3O. The second-order valence-corrected chi connectivity index (χ2v) is 4.71. The molecule has 2 aromatic carbocycles. The van der Waals surface area contributed by atoms with Crippen LogP contribution in [0, 0.1) is 0 Å². The van der Waals surface area contributed by atoms with E-state index in [1.807, 2.05) is 0 Å². The third-order valence-electron chi connectivity index (χ3n) is 2.53. The highest BCUT2D eigenvalue weighted by Gasteiger charge is 2.12. The number of nitrogen functional groups attached to an aromatic ring is 1. The molecule has 6 heteroatoms. The van der Waals surface area contributed by atoms with E-state index in [2.05, 4.69) is 5.32 Å². The van der Waals surface area contributed by atoms with Crippen molar-refractivity contribution in [3.63, 3.8) is 0 Å². The molecule has 0 unspecified atom stereocenters.